The molecule has 1 atom stereocenters. The van der Waals surface area contributed by atoms with Crippen LogP contribution in [0.1, 0.15) is 27.7 Å². The summed E-state index contributed by atoms with van der Waals surface area (Å²) in [4.78, 5) is 12.4. The van der Waals surface area contributed by atoms with Gasteiger partial charge in [0.1, 0.15) is 17.5 Å². The van der Waals surface area contributed by atoms with Crippen molar-refractivity contribution in [1.29, 1.82) is 0 Å². The van der Waals surface area contributed by atoms with Gasteiger partial charge in [-0.3, -0.25) is 10.0 Å². The van der Waals surface area contributed by atoms with Crippen molar-refractivity contribution in [3.05, 3.63) is 48.5 Å². The van der Waals surface area contributed by atoms with E-state index in [1.54, 1.807) is 19.3 Å². The Hall–Kier alpha value is -2.47. The second-order valence-electron chi connectivity index (χ2n) is 8.45. The molecule has 1 amide bonds. The van der Waals surface area contributed by atoms with Crippen LogP contribution in [0.5, 0.6) is 11.5 Å². The molecule has 2 aromatic carbocycles. The third-order valence-electron chi connectivity index (χ3n) is 4.78. The van der Waals surface area contributed by atoms with Gasteiger partial charge in [-0.05, 0) is 60.4 Å². The molecule has 0 bridgehead atoms. The predicted molar refractivity (Wildman–Crippen MR) is 123 cm³/mol. The number of nitrogens with zero attached hydrogens (tertiary/aromatic N) is 1. The minimum absolute atomic E-state index is 0.0284. The maximum absolute atomic E-state index is 13.4. The molecule has 9 nitrogen and oxygen atoms in total. The Labute approximate surface area is 195 Å². The lowest BCUT2D eigenvalue weighted by Gasteiger charge is -2.33. The summed E-state index contributed by atoms with van der Waals surface area (Å²) in [5.41, 5.74) is 1.57. The van der Waals surface area contributed by atoms with Gasteiger partial charge in [0.2, 0.25) is 10.0 Å². The summed E-state index contributed by atoms with van der Waals surface area (Å²) in [6.07, 6.45) is 1.11. The number of carbonyl (C=O) groups is 1. The number of hydroxylamine groups is 1. The number of hydrogen-bond acceptors (Lipinski definition) is 7. The Morgan fingerprint density at radius 3 is 1.73 bits per heavy atom. The predicted octanol–water partition coefficient (Wildman–Crippen LogP) is 3.06. The van der Waals surface area contributed by atoms with E-state index in [1.165, 1.54) is 48.5 Å². The monoisotopic (exact) mass is 498 g/mol. The van der Waals surface area contributed by atoms with Crippen molar-refractivity contribution in [3.8, 4) is 11.5 Å². The van der Waals surface area contributed by atoms with E-state index >= 15 is 0 Å². The minimum Gasteiger partial charge on any atom is -0.457 e. The summed E-state index contributed by atoms with van der Waals surface area (Å²) in [5, 5.41) is 9.14. The highest BCUT2D eigenvalue weighted by Gasteiger charge is 2.38. The molecule has 0 fully saturated rings. The highest BCUT2D eigenvalue weighted by atomic mass is 32.2. The molecule has 0 saturated carbocycles. The Bertz CT molecular complexity index is 1160. The third kappa shape index (κ3) is 6.76. The van der Waals surface area contributed by atoms with Crippen LogP contribution >= 0.6 is 0 Å². The maximum atomic E-state index is 13.4. The second-order valence-corrected chi connectivity index (χ2v) is 12.4. The zero-order valence-electron chi connectivity index (χ0n) is 19.2. The van der Waals surface area contributed by atoms with Crippen molar-refractivity contribution >= 4 is 25.8 Å². The number of nitrogens with one attached hydrogen (secondary N) is 1. The van der Waals surface area contributed by atoms with Crippen LogP contribution in [0.15, 0.2) is 58.3 Å². The molecule has 11 heteroatoms. The molecule has 33 heavy (non-hydrogen) atoms. The molecule has 0 aromatic heterocycles. The maximum Gasteiger partial charge on any atom is 0.262 e. The van der Waals surface area contributed by atoms with Crippen LogP contribution < -0.4 is 10.2 Å². The normalized spacial score (nSPS) is 13.4. The van der Waals surface area contributed by atoms with Gasteiger partial charge in [-0.2, -0.15) is 4.31 Å². The van der Waals surface area contributed by atoms with Crippen molar-refractivity contribution in [2.75, 3.05) is 12.8 Å². The number of benzene rings is 2. The first-order valence-corrected chi connectivity index (χ1v) is 13.6. The van der Waals surface area contributed by atoms with Gasteiger partial charge < -0.3 is 4.74 Å². The van der Waals surface area contributed by atoms with Crippen LogP contribution in [-0.4, -0.2) is 51.1 Å². The average molecular weight is 499 g/mol. The van der Waals surface area contributed by atoms with E-state index in [1.807, 2.05) is 13.8 Å². The van der Waals surface area contributed by atoms with Crippen molar-refractivity contribution in [2.24, 2.45) is 11.8 Å². The average Bonchev–Trinajstić information content (AvgIpc) is 2.72. The summed E-state index contributed by atoms with van der Waals surface area (Å²) in [6, 6.07) is 10.5. The van der Waals surface area contributed by atoms with E-state index in [9.17, 15) is 21.6 Å². The van der Waals surface area contributed by atoms with E-state index in [0.717, 1.165) is 10.6 Å². The van der Waals surface area contributed by atoms with Gasteiger partial charge in [0.25, 0.3) is 5.91 Å². The van der Waals surface area contributed by atoms with Gasteiger partial charge in [0, 0.05) is 12.8 Å². The number of rotatable bonds is 10. The van der Waals surface area contributed by atoms with E-state index < -0.39 is 31.8 Å². The van der Waals surface area contributed by atoms with Crippen LogP contribution in [0.3, 0.4) is 0 Å². The first-order chi connectivity index (χ1) is 15.3. The first kappa shape index (κ1) is 26.8. The van der Waals surface area contributed by atoms with Crippen LogP contribution in [-0.2, 0) is 24.7 Å². The van der Waals surface area contributed by atoms with Crippen molar-refractivity contribution < 1.29 is 31.6 Å². The van der Waals surface area contributed by atoms with Gasteiger partial charge in [0.05, 0.1) is 9.79 Å². The quantitative estimate of drug-likeness (QED) is 0.380. The van der Waals surface area contributed by atoms with Gasteiger partial charge in [-0.1, -0.05) is 27.7 Å². The molecule has 0 aliphatic carbocycles. The summed E-state index contributed by atoms with van der Waals surface area (Å²) in [7, 11) is -7.39. The first-order valence-electron chi connectivity index (χ1n) is 10.3. The van der Waals surface area contributed by atoms with Crippen molar-refractivity contribution in [3.63, 3.8) is 0 Å². The summed E-state index contributed by atoms with van der Waals surface area (Å²) < 4.78 is 56.7. The fourth-order valence-electron chi connectivity index (χ4n) is 3.26. The second kappa shape index (κ2) is 10.6. The van der Waals surface area contributed by atoms with Gasteiger partial charge in [-0.15, -0.1) is 0 Å². The molecule has 2 aromatic rings. The Kier molecular flexibility index (Phi) is 8.63. The zero-order chi connectivity index (χ0) is 25.0. The molecule has 0 radical (unpaired) electrons. The number of sulfonamides is 1. The highest BCUT2D eigenvalue weighted by molar-refractivity contribution is 7.90. The fourth-order valence-corrected chi connectivity index (χ4v) is 5.77. The zero-order valence-corrected chi connectivity index (χ0v) is 20.9. The minimum atomic E-state index is -4.07. The van der Waals surface area contributed by atoms with E-state index in [2.05, 4.69) is 0 Å². The van der Waals surface area contributed by atoms with Gasteiger partial charge >= 0.3 is 0 Å². The Balaban J connectivity index is 2.33. The lowest BCUT2D eigenvalue weighted by Crippen LogP contribution is -2.52. The molecular formula is C22H30N2O7S2. The summed E-state index contributed by atoms with van der Waals surface area (Å²) in [5.74, 6) is -0.510. The van der Waals surface area contributed by atoms with Gasteiger partial charge in [-0.25, -0.2) is 22.3 Å². The van der Waals surface area contributed by atoms with Crippen molar-refractivity contribution in [1.82, 2.24) is 9.79 Å². The lowest BCUT2D eigenvalue weighted by molar-refractivity contribution is -0.134. The molecule has 0 aliphatic heterocycles. The molecular weight excluding hydrogens is 468 g/mol. The highest BCUT2D eigenvalue weighted by Crippen LogP contribution is 2.28. The van der Waals surface area contributed by atoms with Crippen molar-refractivity contribution in [2.45, 2.75) is 43.5 Å². The molecule has 1 unspecified atom stereocenters. The number of carbonyl (C=O) groups excluding carboxylic acids is 1. The number of amides is 1. The number of hydrogen-bond donors (Lipinski definition) is 2. The van der Waals surface area contributed by atoms with Crippen LogP contribution in [0.4, 0.5) is 0 Å². The SMILES string of the molecule is CC(C)CN(C(C(=O)NO)C(C)C)S(=O)(=O)c1ccc(Oc2ccc(S(C)(=O)=O)cc2)cc1. The molecule has 2 rings (SSSR count). The summed E-state index contributed by atoms with van der Waals surface area (Å²) in [6.45, 7) is 7.17. The smallest absolute Gasteiger partial charge is 0.262 e. The molecule has 0 aliphatic rings. The third-order valence-corrected chi connectivity index (χ3v) is 7.77. The lowest BCUT2D eigenvalue weighted by atomic mass is 10.0. The standard InChI is InChI=1S/C22H30N2O7S2/c1-15(2)14-24(21(16(3)4)22(25)23-26)33(29,30)20-12-8-18(9-13-20)31-17-6-10-19(11-7-17)32(5,27)28/h6-13,15-16,21,26H,14H2,1-5H3,(H,23,25). The van der Waals surface area contributed by atoms with Crippen LogP contribution in [0.2, 0.25) is 0 Å². The Morgan fingerprint density at radius 1 is 0.909 bits per heavy atom. The fraction of sp³-hybridized carbons (Fsp3) is 0.409. The molecule has 182 valence electrons. The van der Waals surface area contributed by atoms with Crippen LogP contribution in [0, 0.1) is 11.8 Å². The molecule has 0 saturated heterocycles. The molecule has 0 heterocycles. The van der Waals surface area contributed by atoms with E-state index in [0.29, 0.717) is 11.5 Å². The molecule has 2 N–H and O–H groups in total. The summed E-state index contributed by atoms with van der Waals surface area (Å²) >= 11 is 0. The van der Waals surface area contributed by atoms with Gasteiger partial charge in [0.15, 0.2) is 9.84 Å². The van der Waals surface area contributed by atoms with E-state index in [-0.39, 0.29) is 28.2 Å². The Morgan fingerprint density at radius 2 is 1.36 bits per heavy atom. The van der Waals surface area contributed by atoms with Crippen LogP contribution in [0.25, 0.3) is 0 Å². The topological polar surface area (TPSA) is 130 Å². The largest absolute Gasteiger partial charge is 0.457 e. The number of ether oxygens (including phenoxy) is 1. The van der Waals surface area contributed by atoms with E-state index in [4.69, 9.17) is 9.94 Å². The number of sulfone groups is 1. The molecule has 0 spiro atoms.